The summed E-state index contributed by atoms with van der Waals surface area (Å²) in [6, 6.07) is 23.5. The van der Waals surface area contributed by atoms with Crippen molar-refractivity contribution in [3.8, 4) is 22.6 Å². The Kier molecular flexibility index (Phi) is 9.21. The minimum atomic E-state index is 0.690. The summed E-state index contributed by atoms with van der Waals surface area (Å²) in [5, 5.41) is 0. The third-order valence-electron chi connectivity index (χ3n) is 7.10. The van der Waals surface area contributed by atoms with Gasteiger partial charge in [0.15, 0.2) is 0 Å². The molecule has 190 valence electrons. The molecule has 0 N–H and O–H groups in total. The highest BCUT2D eigenvalue weighted by Gasteiger charge is 2.25. The molecule has 0 bridgehead atoms. The van der Waals surface area contributed by atoms with E-state index in [1.807, 2.05) is 0 Å². The van der Waals surface area contributed by atoms with Crippen molar-refractivity contribution in [2.75, 3.05) is 52.5 Å². The zero-order valence-corrected chi connectivity index (χ0v) is 22.3. The van der Waals surface area contributed by atoms with Gasteiger partial charge in [-0.15, -0.1) is 0 Å². The first-order valence-electron chi connectivity index (χ1n) is 13.4. The predicted molar refractivity (Wildman–Crippen MR) is 152 cm³/mol. The van der Waals surface area contributed by atoms with Crippen LogP contribution in [0.4, 0.5) is 0 Å². The van der Waals surface area contributed by atoms with Gasteiger partial charge >= 0.3 is 0 Å². The van der Waals surface area contributed by atoms with Crippen molar-refractivity contribution >= 4 is 11.6 Å². The van der Waals surface area contributed by atoms with Crippen molar-refractivity contribution in [3.05, 3.63) is 83.4 Å². The molecular formula is C32H40N2O2. The van der Waals surface area contributed by atoms with Gasteiger partial charge < -0.3 is 19.3 Å². The Labute approximate surface area is 217 Å². The first kappa shape index (κ1) is 26.0. The van der Waals surface area contributed by atoms with Gasteiger partial charge in [0.2, 0.25) is 0 Å². The molecule has 0 radical (unpaired) electrons. The highest BCUT2D eigenvalue weighted by molar-refractivity contribution is 6.07. The molecule has 0 amide bonds. The summed E-state index contributed by atoms with van der Waals surface area (Å²) in [4.78, 5) is 4.76. The van der Waals surface area contributed by atoms with Gasteiger partial charge in [0.1, 0.15) is 24.7 Å². The standard InChI is InChI=1S/C32H40N2O2/c1-5-33(6-2)18-20-35-26-14-16-28-29-17-15-27(36-21-19-34(7-3)8-4)24-32(29)30(31(28)23-26)22-25-12-10-9-11-13-25/h9-17,22-24H,5-8,18-21H2,1-4H3. The van der Waals surface area contributed by atoms with Crippen molar-refractivity contribution in [2.45, 2.75) is 27.7 Å². The fraction of sp³-hybridized carbons (Fsp3) is 0.375. The van der Waals surface area contributed by atoms with Crippen LogP contribution < -0.4 is 9.47 Å². The van der Waals surface area contributed by atoms with Gasteiger partial charge in [0.05, 0.1) is 0 Å². The summed E-state index contributed by atoms with van der Waals surface area (Å²) in [7, 11) is 0. The van der Waals surface area contributed by atoms with Crippen LogP contribution in [0, 0.1) is 0 Å². The summed E-state index contributed by atoms with van der Waals surface area (Å²) >= 11 is 0. The van der Waals surface area contributed by atoms with Crippen LogP contribution in [0.5, 0.6) is 11.5 Å². The fourth-order valence-corrected chi connectivity index (χ4v) is 4.82. The molecule has 4 nitrogen and oxygen atoms in total. The molecule has 4 heteroatoms. The number of benzene rings is 3. The van der Waals surface area contributed by atoms with Gasteiger partial charge in [-0.2, -0.15) is 0 Å². The maximum absolute atomic E-state index is 6.19. The molecular weight excluding hydrogens is 444 g/mol. The maximum Gasteiger partial charge on any atom is 0.120 e. The average Bonchev–Trinajstić information content (AvgIpc) is 3.22. The normalized spacial score (nSPS) is 12.1. The molecule has 0 aliphatic heterocycles. The van der Waals surface area contributed by atoms with E-state index in [0.29, 0.717) is 13.2 Å². The Morgan fingerprint density at radius 3 is 1.50 bits per heavy atom. The molecule has 36 heavy (non-hydrogen) atoms. The van der Waals surface area contributed by atoms with Crippen molar-refractivity contribution in [1.29, 1.82) is 0 Å². The monoisotopic (exact) mass is 484 g/mol. The quantitative estimate of drug-likeness (QED) is 0.211. The second kappa shape index (κ2) is 12.8. The molecule has 0 saturated carbocycles. The summed E-state index contributed by atoms with van der Waals surface area (Å²) in [5.41, 5.74) is 7.33. The number of hydrogen-bond acceptors (Lipinski definition) is 4. The van der Waals surface area contributed by atoms with Gasteiger partial charge in [-0.05, 0) is 89.9 Å². The van der Waals surface area contributed by atoms with Gasteiger partial charge in [-0.3, -0.25) is 0 Å². The third kappa shape index (κ3) is 6.18. The van der Waals surface area contributed by atoms with E-state index in [1.165, 1.54) is 33.4 Å². The van der Waals surface area contributed by atoms with E-state index in [2.05, 4.69) is 110 Å². The molecule has 4 rings (SSSR count). The summed E-state index contributed by atoms with van der Waals surface area (Å²) in [6.07, 6.45) is 2.28. The van der Waals surface area contributed by atoms with Crippen LogP contribution in [0.15, 0.2) is 66.7 Å². The number of hydrogen-bond donors (Lipinski definition) is 0. The lowest BCUT2D eigenvalue weighted by Gasteiger charge is -2.18. The van der Waals surface area contributed by atoms with Crippen LogP contribution in [-0.2, 0) is 0 Å². The van der Waals surface area contributed by atoms with Gasteiger partial charge in [0, 0.05) is 13.1 Å². The van der Waals surface area contributed by atoms with E-state index < -0.39 is 0 Å². The molecule has 0 spiro atoms. The highest BCUT2D eigenvalue weighted by atomic mass is 16.5. The molecule has 0 fully saturated rings. The van der Waals surface area contributed by atoms with Gasteiger partial charge in [-0.25, -0.2) is 0 Å². The van der Waals surface area contributed by atoms with Crippen molar-refractivity contribution in [1.82, 2.24) is 9.80 Å². The zero-order valence-electron chi connectivity index (χ0n) is 22.3. The first-order chi connectivity index (χ1) is 17.7. The second-order valence-corrected chi connectivity index (χ2v) is 9.13. The summed E-state index contributed by atoms with van der Waals surface area (Å²) in [5.74, 6) is 1.84. The number of fused-ring (bicyclic) bond motifs is 3. The molecule has 1 aliphatic carbocycles. The number of nitrogens with zero attached hydrogens (tertiary/aromatic N) is 2. The lowest BCUT2D eigenvalue weighted by molar-refractivity contribution is 0.223. The zero-order chi connectivity index (χ0) is 25.3. The van der Waals surface area contributed by atoms with Crippen LogP contribution in [0.3, 0.4) is 0 Å². The van der Waals surface area contributed by atoms with E-state index in [1.54, 1.807) is 0 Å². The Balaban J connectivity index is 1.61. The molecule has 3 aromatic carbocycles. The van der Waals surface area contributed by atoms with Crippen LogP contribution >= 0.6 is 0 Å². The van der Waals surface area contributed by atoms with E-state index in [4.69, 9.17) is 9.47 Å². The molecule has 0 saturated heterocycles. The summed E-state index contributed by atoms with van der Waals surface area (Å²) < 4.78 is 12.4. The Bertz CT molecular complexity index is 1080. The summed E-state index contributed by atoms with van der Waals surface area (Å²) in [6.45, 7) is 16.2. The minimum Gasteiger partial charge on any atom is -0.492 e. The third-order valence-corrected chi connectivity index (χ3v) is 7.10. The lowest BCUT2D eigenvalue weighted by atomic mass is 10.0. The SMILES string of the molecule is CCN(CC)CCOc1ccc2c(c1)C(=Cc1ccccc1)c1cc(OCCN(CC)CC)ccc1-2. The topological polar surface area (TPSA) is 24.9 Å². The molecule has 3 aromatic rings. The highest BCUT2D eigenvalue weighted by Crippen LogP contribution is 2.47. The Morgan fingerprint density at radius 2 is 1.06 bits per heavy atom. The van der Waals surface area contributed by atoms with Crippen molar-refractivity contribution in [2.24, 2.45) is 0 Å². The van der Waals surface area contributed by atoms with Crippen molar-refractivity contribution in [3.63, 3.8) is 0 Å². The van der Waals surface area contributed by atoms with E-state index in [0.717, 1.165) is 50.8 Å². The van der Waals surface area contributed by atoms with Gasteiger partial charge in [0.25, 0.3) is 0 Å². The Hall–Kier alpha value is -3.08. The van der Waals surface area contributed by atoms with Crippen LogP contribution in [-0.4, -0.2) is 62.3 Å². The van der Waals surface area contributed by atoms with Crippen LogP contribution in [0.2, 0.25) is 0 Å². The van der Waals surface area contributed by atoms with Gasteiger partial charge in [-0.1, -0.05) is 70.2 Å². The largest absolute Gasteiger partial charge is 0.492 e. The minimum absolute atomic E-state index is 0.690. The molecule has 1 aliphatic rings. The van der Waals surface area contributed by atoms with Crippen LogP contribution in [0.1, 0.15) is 44.4 Å². The molecule has 0 heterocycles. The molecule has 0 unspecified atom stereocenters. The van der Waals surface area contributed by atoms with E-state index >= 15 is 0 Å². The predicted octanol–water partition coefficient (Wildman–Crippen LogP) is 6.70. The maximum atomic E-state index is 6.19. The fourth-order valence-electron chi connectivity index (χ4n) is 4.82. The van der Waals surface area contributed by atoms with E-state index in [-0.39, 0.29) is 0 Å². The smallest absolute Gasteiger partial charge is 0.120 e. The second-order valence-electron chi connectivity index (χ2n) is 9.13. The Morgan fingerprint density at radius 1 is 0.583 bits per heavy atom. The first-order valence-corrected chi connectivity index (χ1v) is 13.4. The molecule has 0 aromatic heterocycles. The molecule has 0 atom stereocenters. The van der Waals surface area contributed by atoms with E-state index in [9.17, 15) is 0 Å². The number of ether oxygens (including phenoxy) is 2. The number of rotatable bonds is 13. The average molecular weight is 485 g/mol. The number of likely N-dealkylation sites (N-methyl/N-ethyl adjacent to an activating group) is 2. The van der Waals surface area contributed by atoms with Crippen LogP contribution in [0.25, 0.3) is 22.8 Å². The van der Waals surface area contributed by atoms with Crippen molar-refractivity contribution < 1.29 is 9.47 Å². The lowest BCUT2D eigenvalue weighted by Crippen LogP contribution is -2.27.